The van der Waals surface area contributed by atoms with Crippen molar-refractivity contribution in [2.45, 2.75) is 38.4 Å². The first-order valence-electron chi connectivity index (χ1n) is 7.93. The molecule has 1 amide bonds. The summed E-state index contributed by atoms with van der Waals surface area (Å²) >= 11 is 0. The third-order valence-electron chi connectivity index (χ3n) is 4.36. The Morgan fingerprint density at radius 3 is 2.21 bits per heavy atom. The van der Waals surface area contributed by atoms with Gasteiger partial charge in [0.25, 0.3) is 0 Å². The van der Waals surface area contributed by atoms with Gasteiger partial charge in [0, 0.05) is 13.0 Å². The number of hydrogen-bond donors (Lipinski definition) is 1. The molecule has 0 aromatic heterocycles. The van der Waals surface area contributed by atoms with Crippen LogP contribution < -0.4 is 5.43 Å². The van der Waals surface area contributed by atoms with E-state index in [9.17, 15) is 18.0 Å². The summed E-state index contributed by atoms with van der Waals surface area (Å²) in [6.07, 6.45) is -4.41. The molecule has 2 aromatic rings. The van der Waals surface area contributed by atoms with Gasteiger partial charge in [0.1, 0.15) is 0 Å². The minimum absolute atomic E-state index is 0.0449. The number of carbonyl (C=O) groups excluding carboxylic acids is 1. The van der Waals surface area contributed by atoms with Crippen molar-refractivity contribution in [2.75, 3.05) is 6.54 Å². The molecular weight excluding hydrogens is 317 g/mol. The highest BCUT2D eigenvalue weighted by Gasteiger charge is 2.47. The quantitative estimate of drug-likeness (QED) is 0.906. The Hall–Kier alpha value is -2.08. The number of benzene rings is 2. The van der Waals surface area contributed by atoms with Crippen molar-refractivity contribution < 1.29 is 18.0 Å². The second-order valence-corrected chi connectivity index (χ2v) is 6.37. The molecule has 6 heteroatoms. The van der Waals surface area contributed by atoms with Crippen molar-refractivity contribution in [3.8, 4) is 0 Å². The first-order valence-corrected chi connectivity index (χ1v) is 7.93. The predicted molar refractivity (Wildman–Crippen MR) is 86.3 cm³/mol. The van der Waals surface area contributed by atoms with Crippen molar-refractivity contribution >= 4 is 16.7 Å². The second kappa shape index (κ2) is 6.09. The number of alkyl halides is 3. The number of nitrogens with one attached hydrogen (secondary N) is 1. The van der Waals surface area contributed by atoms with E-state index in [4.69, 9.17) is 0 Å². The molecule has 1 saturated heterocycles. The Morgan fingerprint density at radius 2 is 1.71 bits per heavy atom. The predicted octanol–water partition coefficient (Wildman–Crippen LogP) is 4.30. The second-order valence-electron chi connectivity index (χ2n) is 6.37. The first-order chi connectivity index (χ1) is 11.3. The smallest absolute Gasteiger partial charge is 0.288 e. The van der Waals surface area contributed by atoms with Crippen molar-refractivity contribution in [1.82, 2.24) is 10.4 Å². The van der Waals surface area contributed by atoms with E-state index in [-0.39, 0.29) is 30.4 Å². The third kappa shape index (κ3) is 2.98. The van der Waals surface area contributed by atoms with E-state index in [0.29, 0.717) is 5.39 Å². The Morgan fingerprint density at radius 1 is 1.08 bits per heavy atom. The SMILES string of the molecule is CC(C)c1cccc2cccc(C(N3CCC(=O)N3)C(F)(F)F)c12. The van der Waals surface area contributed by atoms with Gasteiger partial charge in [-0.15, -0.1) is 0 Å². The maximum absolute atomic E-state index is 13.9. The summed E-state index contributed by atoms with van der Waals surface area (Å²) in [5.41, 5.74) is 3.41. The molecule has 1 heterocycles. The topological polar surface area (TPSA) is 32.3 Å². The number of hydrazine groups is 1. The van der Waals surface area contributed by atoms with Gasteiger partial charge in [-0.3, -0.25) is 10.2 Å². The number of fused-ring (bicyclic) bond motifs is 1. The fourth-order valence-corrected chi connectivity index (χ4v) is 3.32. The summed E-state index contributed by atoms with van der Waals surface area (Å²) in [5.74, 6) is -0.287. The van der Waals surface area contributed by atoms with Crippen molar-refractivity contribution in [3.05, 3.63) is 47.5 Å². The van der Waals surface area contributed by atoms with E-state index < -0.39 is 12.2 Å². The maximum Gasteiger partial charge on any atom is 0.409 e. The summed E-state index contributed by atoms with van der Waals surface area (Å²) < 4.78 is 41.6. The number of amides is 1. The van der Waals surface area contributed by atoms with Crippen LogP contribution in [0.15, 0.2) is 36.4 Å². The van der Waals surface area contributed by atoms with Crippen LogP contribution in [0.5, 0.6) is 0 Å². The minimum Gasteiger partial charge on any atom is -0.288 e. The van der Waals surface area contributed by atoms with Crippen LogP contribution in [0.25, 0.3) is 10.8 Å². The van der Waals surface area contributed by atoms with E-state index in [1.807, 2.05) is 38.1 Å². The molecule has 1 aliphatic heterocycles. The molecule has 3 rings (SSSR count). The molecule has 24 heavy (non-hydrogen) atoms. The standard InChI is InChI=1S/C18H19F3N2O/c1-11(2)13-7-3-5-12-6-4-8-14(16(12)13)17(18(19,20)21)23-10-9-15(24)22-23/h3-8,11,17H,9-10H2,1-2H3,(H,22,24). The molecule has 2 aromatic carbocycles. The molecule has 1 fully saturated rings. The van der Waals surface area contributed by atoms with Gasteiger partial charge >= 0.3 is 6.18 Å². The third-order valence-corrected chi connectivity index (χ3v) is 4.36. The fraction of sp³-hybridized carbons (Fsp3) is 0.389. The Labute approximate surface area is 138 Å². The molecule has 1 atom stereocenters. The molecule has 128 valence electrons. The highest BCUT2D eigenvalue weighted by Crippen LogP contribution is 2.42. The summed E-state index contributed by atoms with van der Waals surface area (Å²) in [4.78, 5) is 11.4. The molecule has 1 aliphatic rings. The lowest BCUT2D eigenvalue weighted by molar-refractivity contribution is -0.190. The monoisotopic (exact) mass is 336 g/mol. The fourth-order valence-electron chi connectivity index (χ4n) is 3.32. The molecule has 0 aliphatic carbocycles. The molecule has 1 N–H and O–H groups in total. The van der Waals surface area contributed by atoms with Crippen molar-refractivity contribution in [2.24, 2.45) is 0 Å². The van der Waals surface area contributed by atoms with Crippen LogP contribution in [0, 0.1) is 0 Å². The van der Waals surface area contributed by atoms with Crippen molar-refractivity contribution in [3.63, 3.8) is 0 Å². The first kappa shape index (κ1) is 16.8. The largest absolute Gasteiger partial charge is 0.409 e. The van der Waals surface area contributed by atoms with Crippen LogP contribution in [0.4, 0.5) is 13.2 Å². The summed E-state index contributed by atoms with van der Waals surface area (Å²) in [7, 11) is 0. The number of rotatable bonds is 3. The molecular formula is C18H19F3N2O. The van der Waals surface area contributed by atoms with Crippen LogP contribution in [-0.4, -0.2) is 23.6 Å². The molecule has 0 bridgehead atoms. The lowest BCUT2D eigenvalue weighted by Gasteiger charge is -2.31. The van der Waals surface area contributed by atoms with Gasteiger partial charge in [0.2, 0.25) is 5.91 Å². The van der Waals surface area contributed by atoms with Crippen LogP contribution in [0.1, 0.15) is 43.4 Å². The van der Waals surface area contributed by atoms with E-state index in [0.717, 1.165) is 16.0 Å². The van der Waals surface area contributed by atoms with Gasteiger partial charge in [0.05, 0.1) is 0 Å². The molecule has 1 unspecified atom stereocenters. The van der Waals surface area contributed by atoms with E-state index >= 15 is 0 Å². The van der Waals surface area contributed by atoms with E-state index in [1.165, 1.54) is 6.07 Å². The summed E-state index contributed by atoms with van der Waals surface area (Å²) in [6, 6.07) is 8.66. The Balaban J connectivity index is 2.23. The molecule has 0 saturated carbocycles. The van der Waals surface area contributed by atoms with Crippen LogP contribution in [0.3, 0.4) is 0 Å². The molecule has 0 radical (unpaired) electrons. The van der Waals surface area contributed by atoms with Crippen molar-refractivity contribution in [1.29, 1.82) is 0 Å². The van der Waals surface area contributed by atoms with Gasteiger partial charge in [-0.25, -0.2) is 5.01 Å². The number of halogens is 3. The van der Waals surface area contributed by atoms with Gasteiger partial charge < -0.3 is 0 Å². The minimum atomic E-state index is -4.49. The average molecular weight is 336 g/mol. The van der Waals surface area contributed by atoms with Gasteiger partial charge in [-0.05, 0) is 27.8 Å². The van der Waals surface area contributed by atoms with E-state index in [1.54, 1.807) is 6.07 Å². The Kier molecular flexibility index (Phi) is 4.25. The molecule has 3 nitrogen and oxygen atoms in total. The molecule has 0 spiro atoms. The number of hydrogen-bond acceptors (Lipinski definition) is 2. The zero-order valence-electron chi connectivity index (χ0n) is 13.5. The number of carbonyl (C=O) groups is 1. The zero-order chi connectivity index (χ0) is 17.5. The highest BCUT2D eigenvalue weighted by atomic mass is 19.4. The average Bonchev–Trinajstić information content (AvgIpc) is 2.91. The van der Waals surface area contributed by atoms with E-state index in [2.05, 4.69) is 5.43 Å². The van der Waals surface area contributed by atoms with Gasteiger partial charge in [-0.2, -0.15) is 13.2 Å². The highest BCUT2D eigenvalue weighted by molar-refractivity contribution is 5.90. The van der Waals surface area contributed by atoms with Crippen LogP contribution >= 0.6 is 0 Å². The normalized spacial score (nSPS) is 17.5. The summed E-state index contributed by atoms with van der Waals surface area (Å²) in [6.45, 7) is 3.97. The summed E-state index contributed by atoms with van der Waals surface area (Å²) in [5, 5.41) is 2.41. The van der Waals surface area contributed by atoms with Gasteiger partial charge in [0.15, 0.2) is 6.04 Å². The lowest BCUT2D eigenvalue weighted by Crippen LogP contribution is -2.43. The van der Waals surface area contributed by atoms with Crippen LogP contribution in [0.2, 0.25) is 0 Å². The van der Waals surface area contributed by atoms with Crippen LogP contribution in [-0.2, 0) is 4.79 Å². The lowest BCUT2D eigenvalue weighted by atomic mass is 9.89. The maximum atomic E-state index is 13.9. The zero-order valence-corrected chi connectivity index (χ0v) is 13.5. The number of nitrogens with zero attached hydrogens (tertiary/aromatic N) is 1. The van der Waals surface area contributed by atoms with Gasteiger partial charge in [-0.1, -0.05) is 50.2 Å². The Bertz CT molecular complexity index is 765.